The molecule has 0 unspecified atom stereocenters. The second-order valence-electron chi connectivity index (χ2n) is 4.94. The van der Waals surface area contributed by atoms with Crippen molar-refractivity contribution in [3.05, 3.63) is 17.7 Å². The van der Waals surface area contributed by atoms with E-state index < -0.39 is 0 Å². The van der Waals surface area contributed by atoms with Gasteiger partial charge in [0.15, 0.2) is 11.5 Å². The predicted octanol–water partition coefficient (Wildman–Crippen LogP) is 3.22. The van der Waals surface area contributed by atoms with Gasteiger partial charge in [-0.2, -0.15) is 0 Å². The molecule has 1 aliphatic rings. The summed E-state index contributed by atoms with van der Waals surface area (Å²) in [6, 6.07) is 4.65. The largest absolute Gasteiger partial charge is 0.493 e. The molecule has 0 aromatic heterocycles. The number of benzene rings is 1. The van der Waals surface area contributed by atoms with Gasteiger partial charge in [-0.15, -0.1) is 0 Å². The van der Waals surface area contributed by atoms with E-state index in [1.54, 1.807) is 14.2 Å². The minimum absolute atomic E-state index is 0.613. The van der Waals surface area contributed by atoms with Crippen LogP contribution in [0.1, 0.15) is 25.3 Å². The molecule has 1 aromatic carbocycles. The van der Waals surface area contributed by atoms with Gasteiger partial charge in [0, 0.05) is 17.8 Å². The van der Waals surface area contributed by atoms with E-state index in [-0.39, 0.29) is 0 Å². The molecule has 1 N–H and O–H groups in total. The average Bonchev–Trinajstić information content (AvgIpc) is 2.28. The lowest BCUT2D eigenvalue weighted by Crippen LogP contribution is -2.33. The van der Waals surface area contributed by atoms with Crippen molar-refractivity contribution >= 4 is 5.69 Å². The van der Waals surface area contributed by atoms with Gasteiger partial charge < -0.3 is 14.8 Å². The van der Waals surface area contributed by atoms with Crippen molar-refractivity contribution in [2.45, 2.75) is 32.7 Å². The van der Waals surface area contributed by atoms with Gasteiger partial charge in [-0.25, -0.2) is 0 Å². The van der Waals surface area contributed by atoms with E-state index in [2.05, 4.69) is 19.2 Å². The second-order valence-corrected chi connectivity index (χ2v) is 4.94. The van der Waals surface area contributed by atoms with Gasteiger partial charge in [-0.3, -0.25) is 0 Å². The number of nitrogens with one attached hydrogen (secondary N) is 1. The van der Waals surface area contributed by atoms with Crippen LogP contribution >= 0.6 is 0 Å². The van der Waals surface area contributed by atoms with Crippen molar-refractivity contribution < 1.29 is 9.47 Å². The Bertz CT molecular complexity index is 397. The Kier molecular flexibility index (Phi) is 3.46. The third kappa shape index (κ3) is 2.48. The summed E-state index contributed by atoms with van der Waals surface area (Å²) < 4.78 is 10.6. The van der Waals surface area contributed by atoms with Crippen molar-refractivity contribution in [1.29, 1.82) is 0 Å². The zero-order valence-corrected chi connectivity index (χ0v) is 11.0. The van der Waals surface area contributed by atoms with Crippen LogP contribution in [0.15, 0.2) is 12.1 Å². The smallest absolute Gasteiger partial charge is 0.162 e. The topological polar surface area (TPSA) is 30.5 Å². The number of aryl methyl sites for hydroxylation is 1. The third-order valence-corrected chi connectivity index (χ3v) is 3.46. The Balaban J connectivity index is 2.16. The van der Waals surface area contributed by atoms with Crippen LogP contribution in [0, 0.1) is 12.8 Å². The molecule has 0 radical (unpaired) electrons. The molecule has 1 saturated carbocycles. The summed E-state index contributed by atoms with van der Waals surface area (Å²) in [5.41, 5.74) is 2.35. The van der Waals surface area contributed by atoms with E-state index >= 15 is 0 Å². The fourth-order valence-electron chi connectivity index (χ4n) is 2.38. The summed E-state index contributed by atoms with van der Waals surface area (Å²) in [4.78, 5) is 0. The molecule has 1 aromatic rings. The number of rotatable bonds is 4. The first-order valence-electron chi connectivity index (χ1n) is 6.13. The number of hydrogen-bond donors (Lipinski definition) is 1. The molecule has 0 aliphatic heterocycles. The molecule has 0 spiro atoms. The molecular formula is C14H21NO2. The summed E-state index contributed by atoms with van der Waals surface area (Å²) in [5, 5.41) is 3.57. The number of anilines is 1. The summed E-state index contributed by atoms with van der Waals surface area (Å²) in [6.45, 7) is 4.38. The Morgan fingerprint density at radius 2 is 1.71 bits per heavy atom. The first kappa shape index (κ1) is 12.1. The molecule has 0 atom stereocenters. The summed E-state index contributed by atoms with van der Waals surface area (Å²) in [5.74, 6) is 2.43. The highest BCUT2D eigenvalue weighted by Crippen LogP contribution is 2.36. The maximum atomic E-state index is 5.32. The van der Waals surface area contributed by atoms with Crippen molar-refractivity contribution in [3.8, 4) is 11.5 Å². The SMILES string of the molecule is COc1cc(C)c(NC2CC(C)C2)cc1OC. The summed E-state index contributed by atoms with van der Waals surface area (Å²) >= 11 is 0. The van der Waals surface area contributed by atoms with Crippen LogP contribution < -0.4 is 14.8 Å². The maximum Gasteiger partial charge on any atom is 0.162 e. The highest BCUT2D eigenvalue weighted by Gasteiger charge is 2.25. The first-order valence-corrected chi connectivity index (χ1v) is 6.13. The molecule has 3 heteroatoms. The Morgan fingerprint density at radius 1 is 1.12 bits per heavy atom. The van der Waals surface area contributed by atoms with Crippen LogP contribution in [-0.2, 0) is 0 Å². The van der Waals surface area contributed by atoms with Crippen molar-refractivity contribution in [3.63, 3.8) is 0 Å². The van der Waals surface area contributed by atoms with Crippen LogP contribution in [0.5, 0.6) is 11.5 Å². The highest BCUT2D eigenvalue weighted by molar-refractivity contribution is 5.60. The van der Waals surface area contributed by atoms with Gasteiger partial charge in [-0.1, -0.05) is 6.92 Å². The average molecular weight is 235 g/mol. The second kappa shape index (κ2) is 4.86. The van der Waals surface area contributed by atoms with Gasteiger partial charge >= 0.3 is 0 Å². The third-order valence-electron chi connectivity index (χ3n) is 3.46. The Hall–Kier alpha value is -1.38. The molecule has 3 nitrogen and oxygen atoms in total. The van der Waals surface area contributed by atoms with E-state index in [4.69, 9.17) is 9.47 Å². The summed E-state index contributed by atoms with van der Waals surface area (Å²) in [6.07, 6.45) is 2.52. The van der Waals surface area contributed by atoms with Gasteiger partial charge in [0.1, 0.15) is 0 Å². The van der Waals surface area contributed by atoms with Gasteiger partial charge in [0.25, 0.3) is 0 Å². The van der Waals surface area contributed by atoms with Crippen LogP contribution in [0.4, 0.5) is 5.69 Å². The lowest BCUT2D eigenvalue weighted by atomic mass is 9.81. The van der Waals surface area contributed by atoms with Gasteiger partial charge in [0.2, 0.25) is 0 Å². The molecule has 1 aliphatic carbocycles. The first-order chi connectivity index (χ1) is 8.13. The lowest BCUT2D eigenvalue weighted by molar-refractivity contribution is 0.308. The van der Waals surface area contributed by atoms with E-state index in [0.717, 1.165) is 23.1 Å². The minimum Gasteiger partial charge on any atom is -0.493 e. The molecule has 2 rings (SSSR count). The normalized spacial score (nSPS) is 22.8. The molecule has 0 heterocycles. The molecular weight excluding hydrogens is 214 g/mol. The fraction of sp³-hybridized carbons (Fsp3) is 0.571. The predicted molar refractivity (Wildman–Crippen MR) is 70.1 cm³/mol. The van der Waals surface area contributed by atoms with E-state index in [9.17, 15) is 0 Å². The zero-order chi connectivity index (χ0) is 12.4. The molecule has 0 saturated heterocycles. The highest BCUT2D eigenvalue weighted by atomic mass is 16.5. The molecule has 1 fully saturated rings. The van der Waals surface area contributed by atoms with E-state index in [1.165, 1.54) is 18.4 Å². The molecule has 17 heavy (non-hydrogen) atoms. The number of ether oxygens (including phenoxy) is 2. The Morgan fingerprint density at radius 3 is 2.24 bits per heavy atom. The fourth-order valence-corrected chi connectivity index (χ4v) is 2.38. The van der Waals surface area contributed by atoms with E-state index in [1.807, 2.05) is 12.1 Å². The van der Waals surface area contributed by atoms with E-state index in [0.29, 0.717) is 6.04 Å². The van der Waals surface area contributed by atoms with Gasteiger partial charge in [-0.05, 0) is 37.3 Å². The number of methoxy groups -OCH3 is 2. The minimum atomic E-state index is 0.613. The zero-order valence-electron chi connectivity index (χ0n) is 11.0. The Labute approximate surface area is 103 Å². The van der Waals surface area contributed by atoms with Gasteiger partial charge in [0.05, 0.1) is 14.2 Å². The van der Waals surface area contributed by atoms with Crippen molar-refractivity contribution in [2.75, 3.05) is 19.5 Å². The monoisotopic (exact) mass is 235 g/mol. The quantitative estimate of drug-likeness (QED) is 0.869. The molecule has 94 valence electrons. The molecule has 0 amide bonds. The van der Waals surface area contributed by atoms with Crippen LogP contribution in [0.2, 0.25) is 0 Å². The number of hydrogen-bond acceptors (Lipinski definition) is 3. The molecule has 0 bridgehead atoms. The van der Waals surface area contributed by atoms with Crippen LogP contribution in [-0.4, -0.2) is 20.3 Å². The van der Waals surface area contributed by atoms with Crippen LogP contribution in [0.25, 0.3) is 0 Å². The summed E-state index contributed by atoms with van der Waals surface area (Å²) in [7, 11) is 3.33. The van der Waals surface area contributed by atoms with Crippen molar-refractivity contribution in [2.24, 2.45) is 5.92 Å². The van der Waals surface area contributed by atoms with Crippen molar-refractivity contribution in [1.82, 2.24) is 0 Å². The maximum absolute atomic E-state index is 5.32. The lowest BCUT2D eigenvalue weighted by Gasteiger charge is -2.34. The standard InChI is InChI=1S/C14H21NO2/c1-9-5-11(6-9)15-12-8-14(17-4)13(16-3)7-10(12)2/h7-9,11,15H,5-6H2,1-4H3. The van der Waals surface area contributed by atoms with Crippen LogP contribution in [0.3, 0.4) is 0 Å².